The van der Waals surface area contributed by atoms with Gasteiger partial charge in [-0.25, -0.2) is 4.79 Å². The van der Waals surface area contributed by atoms with Gasteiger partial charge in [0.1, 0.15) is 24.9 Å². The van der Waals surface area contributed by atoms with Gasteiger partial charge in [-0.15, -0.1) is 0 Å². The lowest BCUT2D eigenvalue weighted by Crippen LogP contribution is -2.34. The molecule has 0 spiro atoms. The van der Waals surface area contributed by atoms with Gasteiger partial charge >= 0.3 is 5.97 Å². The molecule has 6 nitrogen and oxygen atoms in total. The van der Waals surface area contributed by atoms with Crippen LogP contribution in [-0.2, 0) is 9.47 Å². The van der Waals surface area contributed by atoms with E-state index in [9.17, 15) is 15.0 Å². The molecule has 0 radical (unpaired) electrons. The Bertz CT molecular complexity index is 410. The molecule has 0 saturated carbocycles. The van der Waals surface area contributed by atoms with E-state index in [1.165, 1.54) is 6.20 Å². The Kier molecular flexibility index (Phi) is 3.90. The highest BCUT2D eigenvalue weighted by Crippen LogP contribution is 2.21. The molecule has 0 amide bonds. The van der Waals surface area contributed by atoms with Crippen LogP contribution in [0.3, 0.4) is 0 Å². The Hall–Kier alpha value is -1.50. The summed E-state index contributed by atoms with van der Waals surface area (Å²) in [6.07, 6.45) is -0.212. The number of carbonyl (C=O) groups excluding carboxylic acids is 1. The van der Waals surface area contributed by atoms with Gasteiger partial charge in [-0.1, -0.05) is 0 Å². The smallest absolute Gasteiger partial charge is 0.339 e. The second-order valence-electron chi connectivity index (χ2n) is 4.20. The Morgan fingerprint density at radius 1 is 1.50 bits per heavy atom. The summed E-state index contributed by atoms with van der Waals surface area (Å²) < 4.78 is 10.3. The van der Waals surface area contributed by atoms with Crippen molar-refractivity contribution >= 4 is 5.97 Å². The monoisotopic (exact) mass is 253 g/mol. The molecule has 2 N–H and O–H groups in total. The van der Waals surface area contributed by atoms with Gasteiger partial charge in [0.05, 0.1) is 11.7 Å². The minimum atomic E-state index is -1.04. The summed E-state index contributed by atoms with van der Waals surface area (Å²) in [6.45, 7) is 1.55. The second kappa shape index (κ2) is 5.43. The zero-order chi connectivity index (χ0) is 13.1. The van der Waals surface area contributed by atoms with Crippen LogP contribution in [0.5, 0.6) is 0 Å². The van der Waals surface area contributed by atoms with Crippen molar-refractivity contribution in [2.24, 2.45) is 0 Å². The Morgan fingerprint density at radius 2 is 2.28 bits per heavy atom. The highest BCUT2D eigenvalue weighted by molar-refractivity contribution is 5.88. The van der Waals surface area contributed by atoms with Crippen molar-refractivity contribution in [2.45, 2.75) is 31.3 Å². The number of aromatic nitrogens is 1. The fourth-order valence-electron chi connectivity index (χ4n) is 1.80. The molecule has 1 aliphatic heterocycles. The molecule has 1 aromatic heterocycles. The first-order chi connectivity index (χ1) is 8.59. The first-order valence-corrected chi connectivity index (χ1v) is 5.68. The molecule has 2 heterocycles. The van der Waals surface area contributed by atoms with E-state index in [4.69, 9.17) is 9.47 Å². The summed E-state index contributed by atoms with van der Waals surface area (Å²) in [6, 6.07) is 3.21. The number of hydrogen-bond donors (Lipinski definition) is 2. The van der Waals surface area contributed by atoms with Crippen molar-refractivity contribution in [3.63, 3.8) is 0 Å². The summed E-state index contributed by atoms with van der Waals surface area (Å²) in [4.78, 5) is 15.4. The largest absolute Gasteiger partial charge is 0.459 e. The molecule has 1 unspecified atom stereocenters. The van der Waals surface area contributed by atoms with Crippen LogP contribution in [0.25, 0.3) is 0 Å². The van der Waals surface area contributed by atoms with Crippen LogP contribution in [-0.4, -0.2) is 52.2 Å². The number of hydrogen-bond acceptors (Lipinski definition) is 6. The number of ether oxygens (including phenoxy) is 2. The lowest BCUT2D eigenvalue weighted by atomic mass is 10.1. The highest BCUT2D eigenvalue weighted by atomic mass is 16.6. The molecule has 0 aromatic carbocycles. The van der Waals surface area contributed by atoms with Crippen LogP contribution in [0.1, 0.15) is 17.3 Å². The number of esters is 1. The fourth-order valence-corrected chi connectivity index (χ4v) is 1.80. The van der Waals surface area contributed by atoms with Crippen molar-refractivity contribution in [3.8, 4) is 0 Å². The standard InChI is InChI=1S/C12H15NO5/c1-7-10(14)11(15)9(18-7)6-17-12(16)8-3-2-4-13-5-8/h2-5,7,9-11,14-15H,6H2,1H3/t7?,9-,10+,11-/m1/s1. The average Bonchev–Trinajstić information content (AvgIpc) is 2.64. The quantitative estimate of drug-likeness (QED) is 0.722. The number of rotatable bonds is 3. The summed E-state index contributed by atoms with van der Waals surface area (Å²) in [5.74, 6) is -0.534. The van der Waals surface area contributed by atoms with Gasteiger partial charge in [0.2, 0.25) is 0 Å². The zero-order valence-corrected chi connectivity index (χ0v) is 9.89. The molecule has 18 heavy (non-hydrogen) atoms. The van der Waals surface area contributed by atoms with Crippen LogP contribution in [0.4, 0.5) is 0 Å². The van der Waals surface area contributed by atoms with E-state index >= 15 is 0 Å². The third-order valence-corrected chi connectivity index (χ3v) is 2.88. The molecule has 1 saturated heterocycles. The Morgan fingerprint density at radius 3 is 2.83 bits per heavy atom. The van der Waals surface area contributed by atoms with Gasteiger partial charge < -0.3 is 19.7 Å². The minimum Gasteiger partial charge on any atom is -0.459 e. The third kappa shape index (κ3) is 2.66. The number of aliphatic hydroxyl groups is 2. The first-order valence-electron chi connectivity index (χ1n) is 5.68. The van der Waals surface area contributed by atoms with Crippen molar-refractivity contribution in [1.82, 2.24) is 4.98 Å². The van der Waals surface area contributed by atoms with E-state index in [2.05, 4.69) is 4.98 Å². The van der Waals surface area contributed by atoms with Gasteiger partial charge in [0.15, 0.2) is 0 Å². The van der Waals surface area contributed by atoms with Crippen LogP contribution in [0.2, 0.25) is 0 Å². The number of aliphatic hydroxyl groups excluding tert-OH is 2. The Balaban J connectivity index is 1.88. The van der Waals surface area contributed by atoms with Crippen LogP contribution in [0.15, 0.2) is 24.5 Å². The van der Waals surface area contributed by atoms with E-state index in [1.807, 2.05) is 0 Å². The molecule has 1 aromatic rings. The Labute approximate surface area is 104 Å². The van der Waals surface area contributed by atoms with Crippen LogP contribution >= 0.6 is 0 Å². The van der Waals surface area contributed by atoms with Crippen LogP contribution < -0.4 is 0 Å². The third-order valence-electron chi connectivity index (χ3n) is 2.88. The van der Waals surface area contributed by atoms with Crippen molar-refractivity contribution in [3.05, 3.63) is 30.1 Å². The van der Waals surface area contributed by atoms with Gasteiger partial charge in [-0.05, 0) is 19.1 Å². The number of carbonyl (C=O) groups is 1. The van der Waals surface area contributed by atoms with E-state index < -0.39 is 30.4 Å². The summed E-state index contributed by atoms with van der Waals surface area (Å²) in [5, 5.41) is 19.1. The average molecular weight is 253 g/mol. The van der Waals surface area contributed by atoms with Gasteiger partial charge in [0.25, 0.3) is 0 Å². The molecule has 98 valence electrons. The van der Waals surface area contributed by atoms with E-state index in [-0.39, 0.29) is 6.61 Å². The molecular formula is C12H15NO5. The lowest BCUT2D eigenvalue weighted by Gasteiger charge is -2.14. The molecule has 4 atom stereocenters. The van der Waals surface area contributed by atoms with E-state index in [0.29, 0.717) is 5.56 Å². The van der Waals surface area contributed by atoms with E-state index in [0.717, 1.165) is 0 Å². The molecule has 0 aliphatic carbocycles. The first kappa shape index (κ1) is 12.9. The van der Waals surface area contributed by atoms with Gasteiger partial charge in [0, 0.05) is 12.4 Å². The lowest BCUT2D eigenvalue weighted by molar-refractivity contribution is -0.0299. The van der Waals surface area contributed by atoms with Crippen molar-refractivity contribution in [2.75, 3.05) is 6.61 Å². The molecule has 0 bridgehead atoms. The molecule has 1 aliphatic rings. The van der Waals surface area contributed by atoms with Crippen molar-refractivity contribution < 1.29 is 24.5 Å². The van der Waals surface area contributed by atoms with Crippen molar-refractivity contribution in [1.29, 1.82) is 0 Å². The summed E-state index contributed by atoms with van der Waals surface area (Å²) >= 11 is 0. The molecule has 6 heteroatoms. The SMILES string of the molecule is CC1O[C@H](COC(=O)c2cccnc2)[C@@H](O)[C@H]1O. The molecular weight excluding hydrogens is 238 g/mol. The fraction of sp³-hybridized carbons (Fsp3) is 0.500. The predicted octanol–water partition coefficient (Wildman–Crippen LogP) is -0.253. The minimum absolute atomic E-state index is 0.101. The highest BCUT2D eigenvalue weighted by Gasteiger charge is 2.40. The maximum absolute atomic E-state index is 11.6. The normalized spacial score (nSPS) is 31.3. The number of pyridine rings is 1. The maximum Gasteiger partial charge on any atom is 0.339 e. The summed E-state index contributed by atoms with van der Waals surface area (Å²) in [7, 11) is 0. The topological polar surface area (TPSA) is 88.9 Å². The van der Waals surface area contributed by atoms with Gasteiger partial charge in [-0.3, -0.25) is 4.98 Å². The maximum atomic E-state index is 11.6. The number of nitrogens with zero attached hydrogens (tertiary/aromatic N) is 1. The van der Waals surface area contributed by atoms with Gasteiger partial charge in [-0.2, -0.15) is 0 Å². The second-order valence-corrected chi connectivity index (χ2v) is 4.20. The summed E-state index contributed by atoms with van der Waals surface area (Å²) in [5.41, 5.74) is 0.332. The predicted molar refractivity (Wildman–Crippen MR) is 60.9 cm³/mol. The molecule has 2 rings (SSSR count). The molecule has 1 fully saturated rings. The van der Waals surface area contributed by atoms with Crippen LogP contribution in [0, 0.1) is 0 Å². The zero-order valence-electron chi connectivity index (χ0n) is 9.89. The van der Waals surface area contributed by atoms with E-state index in [1.54, 1.807) is 25.3 Å².